The van der Waals surface area contributed by atoms with Crippen molar-refractivity contribution in [3.63, 3.8) is 0 Å². The Hall–Kier alpha value is -1.79. The van der Waals surface area contributed by atoms with Crippen molar-refractivity contribution < 1.29 is 4.74 Å². The summed E-state index contributed by atoms with van der Waals surface area (Å²) in [6.45, 7) is 5.44. The van der Waals surface area contributed by atoms with E-state index in [0.717, 1.165) is 49.8 Å². The van der Waals surface area contributed by atoms with Crippen LogP contribution in [0.15, 0.2) is 24.5 Å². The monoisotopic (exact) mass is 287 g/mol. The van der Waals surface area contributed by atoms with Crippen LogP contribution in [-0.4, -0.2) is 39.5 Å². The van der Waals surface area contributed by atoms with Crippen molar-refractivity contribution in [1.82, 2.24) is 25.1 Å². The maximum atomic E-state index is 5.55. The summed E-state index contributed by atoms with van der Waals surface area (Å²) in [7, 11) is 0. The second-order valence-electron chi connectivity index (χ2n) is 5.16. The zero-order valence-corrected chi connectivity index (χ0v) is 12.3. The summed E-state index contributed by atoms with van der Waals surface area (Å²) in [5.41, 5.74) is 1.12. The molecule has 0 saturated carbocycles. The summed E-state index contributed by atoms with van der Waals surface area (Å²) in [6.07, 6.45) is 5.53. The molecule has 0 fully saturated rings. The van der Waals surface area contributed by atoms with E-state index in [1.54, 1.807) is 6.20 Å². The van der Waals surface area contributed by atoms with Crippen LogP contribution in [-0.2, 0) is 17.7 Å². The van der Waals surface area contributed by atoms with E-state index < -0.39 is 0 Å². The van der Waals surface area contributed by atoms with Crippen LogP contribution in [0.25, 0.3) is 0 Å². The Kier molecular flexibility index (Phi) is 4.57. The molecule has 2 aromatic heterocycles. The Morgan fingerprint density at radius 3 is 3.14 bits per heavy atom. The van der Waals surface area contributed by atoms with Gasteiger partial charge in [0.15, 0.2) is 5.82 Å². The van der Waals surface area contributed by atoms with Crippen LogP contribution in [0.3, 0.4) is 0 Å². The summed E-state index contributed by atoms with van der Waals surface area (Å²) in [4.78, 5) is 4.19. The van der Waals surface area contributed by atoms with Crippen LogP contribution in [0.1, 0.15) is 36.6 Å². The highest BCUT2D eigenvalue weighted by Gasteiger charge is 2.25. The summed E-state index contributed by atoms with van der Waals surface area (Å²) in [5.74, 6) is 1.98. The molecular formula is C15H21N5O. The molecule has 1 aliphatic heterocycles. The van der Waals surface area contributed by atoms with Gasteiger partial charge in [-0.1, -0.05) is 13.0 Å². The van der Waals surface area contributed by atoms with Crippen LogP contribution < -0.4 is 5.32 Å². The first-order valence-electron chi connectivity index (χ1n) is 7.53. The van der Waals surface area contributed by atoms with E-state index in [0.29, 0.717) is 6.61 Å². The smallest absolute Gasteiger partial charge is 0.154 e. The molecule has 1 atom stereocenters. The number of hydrogen-bond acceptors (Lipinski definition) is 5. The number of hydrogen-bond donors (Lipinski definition) is 1. The Morgan fingerprint density at radius 1 is 1.38 bits per heavy atom. The van der Waals surface area contributed by atoms with Crippen LogP contribution in [0.5, 0.6) is 0 Å². The minimum atomic E-state index is 0.0743. The van der Waals surface area contributed by atoms with Crippen LogP contribution in [0.4, 0.5) is 0 Å². The van der Waals surface area contributed by atoms with E-state index in [2.05, 4.69) is 38.1 Å². The molecule has 21 heavy (non-hydrogen) atoms. The molecule has 1 N–H and O–H groups in total. The molecule has 112 valence electrons. The molecule has 3 rings (SSSR count). The van der Waals surface area contributed by atoms with E-state index in [-0.39, 0.29) is 6.04 Å². The predicted octanol–water partition coefficient (Wildman–Crippen LogP) is 1.33. The average Bonchev–Trinajstić information content (AvgIpc) is 2.96. The van der Waals surface area contributed by atoms with E-state index in [1.165, 1.54) is 0 Å². The van der Waals surface area contributed by atoms with Gasteiger partial charge in [0.2, 0.25) is 0 Å². The number of fused-ring (bicyclic) bond motifs is 1. The van der Waals surface area contributed by atoms with Crippen molar-refractivity contribution >= 4 is 0 Å². The third-order valence-electron chi connectivity index (χ3n) is 3.63. The van der Waals surface area contributed by atoms with Crippen LogP contribution >= 0.6 is 0 Å². The topological polar surface area (TPSA) is 64.9 Å². The molecule has 0 bridgehead atoms. The number of aromatic nitrogens is 4. The second kappa shape index (κ2) is 6.78. The highest BCUT2D eigenvalue weighted by atomic mass is 16.5. The van der Waals surface area contributed by atoms with E-state index in [1.807, 2.05) is 12.3 Å². The lowest BCUT2D eigenvalue weighted by Crippen LogP contribution is -2.35. The summed E-state index contributed by atoms with van der Waals surface area (Å²) >= 11 is 0. The predicted molar refractivity (Wildman–Crippen MR) is 78.9 cm³/mol. The highest BCUT2D eigenvalue weighted by Crippen LogP contribution is 2.23. The van der Waals surface area contributed by atoms with Gasteiger partial charge in [0.25, 0.3) is 0 Å². The second-order valence-corrected chi connectivity index (χ2v) is 5.16. The first kappa shape index (κ1) is 14.2. The van der Waals surface area contributed by atoms with Gasteiger partial charge in [0.05, 0.1) is 12.6 Å². The summed E-state index contributed by atoms with van der Waals surface area (Å²) in [6, 6.07) is 4.09. The zero-order valence-electron chi connectivity index (χ0n) is 12.3. The van der Waals surface area contributed by atoms with Gasteiger partial charge in [-0.15, -0.1) is 10.2 Å². The van der Waals surface area contributed by atoms with Crippen molar-refractivity contribution in [2.75, 3.05) is 19.8 Å². The maximum Gasteiger partial charge on any atom is 0.154 e. The van der Waals surface area contributed by atoms with E-state index >= 15 is 0 Å². The quantitative estimate of drug-likeness (QED) is 0.812. The molecule has 0 aromatic carbocycles. The fourth-order valence-electron chi connectivity index (χ4n) is 2.63. The first-order valence-corrected chi connectivity index (χ1v) is 7.53. The largest absolute Gasteiger partial charge is 0.381 e. The Labute approximate surface area is 124 Å². The number of rotatable bonds is 6. The Bertz CT molecular complexity index is 569. The molecule has 0 radical (unpaired) electrons. The third kappa shape index (κ3) is 3.11. The van der Waals surface area contributed by atoms with E-state index in [4.69, 9.17) is 4.74 Å². The third-order valence-corrected chi connectivity index (χ3v) is 3.63. The zero-order chi connectivity index (χ0) is 14.5. The van der Waals surface area contributed by atoms with Crippen LogP contribution in [0, 0.1) is 0 Å². The van der Waals surface area contributed by atoms with Crippen LogP contribution in [0.2, 0.25) is 0 Å². The molecule has 2 aromatic rings. The van der Waals surface area contributed by atoms with Gasteiger partial charge in [-0.3, -0.25) is 4.98 Å². The average molecular weight is 287 g/mol. The Morgan fingerprint density at radius 2 is 2.33 bits per heavy atom. The molecule has 1 aliphatic rings. The SMILES string of the molecule is CCCOCCc1nnc2n1CCNC2c1cccnc1. The summed E-state index contributed by atoms with van der Waals surface area (Å²) < 4.78 is 7.76. The molecule has 6 heteroatoms. The molecule has 0 amide bonds. The standard InChI is InChI=1S/C15H21N5O/c1-2-9-21-10-5-13-18-19-15-14(17-7-8-20(13)15)12-4-3-6-16-11-12/h3-4,6,11,14,17H,2,5,7-10H2,1H3. The van der Waals surface area contributed by atoms with Gasteiger partial charge < -0.3 is 14.6 Å². The maximum absolute atomic E-state index is 5.55. The lowest BCUT2D eigenvalue weighted by molar-refractivity contribution is 0.136. The first-order chi connectivity index (χ1) is 10.4. The highest BCUT2D eigenvalue weighted by molar-refractivity contribution is 5.23. The fourth-order valence-corrected chi connectivity index (χ4v) is 2.63. The molecule has 3 heterocycles. The summed E-state index contributed by atoms with van der Waals surface area (Å²) in [5, 5.41) is 12.2. The molecule has 6 nitrogen and oxygen atoms in total. The van der Waals surface area contributed by atoms with Crippen molar-refractivity contribution in [3.05, 3.63) is 41.7 Å². The molecular weight excluding hydrogens is 266 g/mol. The fraction of sp³-hybridized carbons (Fsp3) is 0.533. The number of nitrogens with one attached hydrogen (secondary N) is 1. The number of ether oxygens (including phenoxy) is 1. The molecule has 0 saturated heterocycles. The minimum Gasteiger partial charge on any atom is -0.381 e. The van der Waals surface area contributed by atoms with Gasteiger partial charge in [-0.2, -0.15) is 0 Å². The van der Waals surface area contributed by atoms with Gasteiger partial charge in [0, 0.05) is 38.5 Å². The number of pyridine rings is 1. The van der Waals surface area contributed by atoms with Crippen molar-refractivity contribution in [2.24, 2.45) is 0 Å². The lowest BCUT2D eigenvalue weighted by atomic mass is 10.1. The normalized spacial score (nSPS) is 17.7. The van der Waals surface area contributed by atoms with Crippen molar-refractivity contribution in [2.45, 2.75) is 32.4 Å². The number of nitrogens with zero attached hydrogens (tertiary/aromatic N) is 4. The molecule has 0 aliphatic carbocycles. The minimum absolute atomic E-state index is 0.0743. The van der Waals surface area contributed by atoms with E-state index in [9.17, 15) is 0 Å². The van der Waals surface area contributed by atoms with Gasteiger partial charge >= 0.3 is 0 Å². The lowest BCUT2D eigenvalue weighted by Gasteiger charge is -2.25. The van der Waals surface area contributed by atoms with Gasteiger partial charge in [-0.05, 0) is 18.1 Å². The van der Waals surface area contributed by atoms with Gasteiger partial charge in [-0.25, -0.2) is 0 Å². The molecule has 0 spiro atoms. The Balaban J connectivity index is 1.76. The van der Waals surface area contributed by atoms with Gasteiger partial charge in [0.1, 0.15) is 5.82 Å². The molecule has 1 unspecified atom stereocenters. The van der Waals surface area contributed by atoms with Crippen molar-refractivity contribution in [3.8, 4) is 0 Å². The van der Waals surface area contributed by atoms with Crippen molar-refractivity contribution in [1.29, 1.82) is 0 Å².